The molecule has 1 aliphatic rings. The maximum atomic E-state index is 12.5. The summed E-state index contributed by atoms with van der Waals surface area (Å²) < 4.78 is 37.6. The largest absolute Gasteiger partial charge is 0.416 e. The number of alkyl halides is 3. The van der Waals surface area contributed by atoms with E-state index >= 15 is 0 Å². The Morgan fingerprint density at radius 1 is 1.07 bits per heavy atom. The normalized spacial score (nSPS) is 17.0. The van der Waals surface area contributed by atoms with Gasteiger partial charge in [0.2, 0.25) is 0 Å². The van der Waals surface area contributed by atoms with Gasteiger partial charge in [0.25, 0.3) is 0 Å². The number of nitrogens with zero attached hydrogens (tertiary/aromatic N) is 2. The summed E-state index contributed by atoms with van der Waals surface area (Å²) in [7, 11) is 0. The van der Waals surface area contributed by atoms with Crippen molar-refractivity contribution in [2.24, 2.45) is 10.3 Å². The summed E-state index contributed by atoms with van der Waals surface area (Å²) in [5, 5.41) is 7.88. The van der Waals surface area contributed by atoms with Crippen molar-refractivity contribution in [1.29, 1.82) is 0 Å². The van der Waals surface area contributed by atoms with Gasteiger partial charge in [-0.15, -0.1) is 0 Å². The lowest BCUT2D eigenvalue weighted by atomic mass is 10.0. The van der Waals surface area contributed by atoms with Crippen molar-refractivity contribution in [2.45, 2.75) is 19.7 Å². The second-order valence-electron chi connectivity index (χ2n) is 5.41. The Bertz CT molecular complexity index is 807. The average Bonchev–Trinajstić information content (AvgIpc) is 2.59. The van der Waals surface area contributed by atoms with Crippen LogP contribution < -0.4 is 0 Å². The van der Waals surface area contributed by atoms with E-state index in [-0.39, 0.29) is 17.7 Å². The molecule has 0 radical (unpaired) electrons. The third-order valence-electron chi connectivity index (χ3n) is 3.34. The molecule has 0 heterocycles. The van der Waals surface area contributed by atoms with Crippen LogP contribution in [0.25, 0.3) is 0 Å². The minimum Gasteiger partial charge on any atom is -0.391 e. The molecule has 1 aliphatic carbocycles. The standard InChI is InChI=1S/C18H15Cl2F3N2O2/c1-12-10-15(6-7-16(12)25-26-9-8-17(19)20)24-27-11-13-2-4-14(5-3-13)18(21,22)23/h2-8,10H,9,11H2,1H3. The average molecular weight is 419 g/mol. The Labute approximate surface area is 164 Å². The molecular formula is C18H15Cl2F3N2O2. The third-order valence-corrected chi connectivity index (χ3v) is 3.65. The van der Waals surface area contributed by atoms with Gasteiger partial charge >= 0.3 is 6.18 Å². The van der Waals surface area contributed by atoms with Gasteiger partial charge in [0.1, 0.15) is 29.1 Å². The first-order valence-electron chi connectivity index (χ1n) is 7.69. The zero-order chi connectivity index (χ0) is 19.9. The van der Waals surface area contributed by atoms with Crippen molar-refractivity contribution in [3.05, 3.63) is 69.8 Å². The predicted octanol–water partition coefficient (Wildman–Crippen LogP) is 5.79. The van der Waals surface area contributed by atoms with Gasteiger partial charge < -0.3 is 9.68 Å². The lowest BCUT2D eigenvalue weighted by Gasteiger charge is -2.09. The number of allylic oxidation sites excluding steroid dienone is 4. The maximum Gasteiger partial charge on any atom is 0.416 e. The first-order chi connectivity index (χ1) is 12.8. The number of hydrogen-bond acceptors (Lipinski definition) is 4. The number of halogens is 5. The van der Waals surface area contributed by atoms with Gasteiger partial charge in [-0.2, -0.15) is 13.2 Å². The van der Waals surface area contributed by atoms with Crippen LogP contribution in [-0.2, 0) is 22.5 Å². The Balaban J connectivity index is 1.89. The summed E-state index contributed by atoms with van der Waals surface area (Å²) in [6, 6.07) is 4.71. The molecule has 9 heteroatoms. The summed E-state index contributed by atoms with van der Waals surface area (Å²) in [6.07, 6.45) is 2.21. The molecule has 0 unspecified atom stereocenters. The van der Waals surface area contributed by atoms with E-state index < -0.39 is 11.7 Å². The van der Waals surface area contributed by atoms with Crippen molar-refractivity contribution in [1.82, 2.24) is 0 Å². The Hall–Kier alpha value is -2.25. The smallest absolute Gasteiger partial charge is 0.391 e. The summed E-state index contributed by atoms with van der Waals surface area (Å²) >= 11 is 10.9. The van der Waals surface area contributed by atoms with Crippen LogP contribution >= 0.6 is 23.2 Å². The van der Waals surface area contributed by atoms with Gasteiger partial charge in [-0.3, -0.25) is 0 Å². The molecule has 0 aliphatic heterocycles. The molecule has 0 N–H and O–H groups in total. The van der Waals surface area contributed by atoms with E-state index in [4.69, 9.17) is 32.9 Å². The molecule has 0 atom stereocenters. The summed E-state index contributed by atoms with van der Waals surface area (Å²) in [4.78, 5) is 10.3. The van der Waals surface area contributed by atoms with Crippen LogP contribution in [0.15, 0.2) is 68.9 Å². The summed E-state index contributed by atoms with van der Waals surface area (Å²) in [6.45, 7) is 2.02. The van der Waals surface area contributed by atoms with Gasteiger partial charge in [0.15, 0.2) is 0 Å². The minimum atomic E-state index is -4.36. The van der Waals surface area contributed by atoms with E-state index in [1.807, 2.05) is 6.92 Å². The van der Waals surface area contributed by atoms with E-state index in [0.29, 0.717) is 17.0 Å². The minimum absolute atomic E-state index is 0.0535. The van der Waals surface area contributed by atoms with Crippen LogP contribution in [-0.4, -0.2) is 18.0 Å². The molecular weight excluding hydrogens is 404 g/mol. The van der Waals surface area contributed by atoms with Gasteiger partial charge in [0, 0.05) is 0 Å². The number of hydrogen-bond donors (Lipinski definition) is 0. The highest BCUT2D eigenvalue weighted by Gasteiger charge is 2.29. The zero-order valence-corrected chi connectivity index (χ0v) is 15.6. The fourth-order valence-electron chi connectivity index (χ4n) is 1.98. The molecule has 1 aromatic carbocycles. The van der Waals surface area contributed by atoms with Gasteiger partial charge in [0.05, 0.1) is 5.56 Å². The Kier molecular flexibility index (Phi) is 7.50. The first kappa shape index (κ1) is 21.1. The van der Waals surface area contributed by atoms with Crippen molar-refractivity contribution < 1.29 is 22.8 Å². The molecule has 0 fully saturated rings. The van der Waals surface area contributed by atoms with E-state index in [2.05, 4.69) is 10.3 Å². The molecule has 0 saturated heterocycles. The summed E-state index contributed by atoms with van der Waals surface area (Å²) in [5.74, 6) is 0. The lowest BCUT2D eigenvalue weighted by Crippen LogP contribution is -2.07. The summed E-state index contributed by atoms with van der Waals surface area (Å²) in [5.41, 5.74) is 1.83. The third kappa shape index (κ3) is 7.11. The van der Waals surface area contributed by atoms with Gasteiger partial charge in [-0.25, -0.2) is 0 Å². The van der Waals surface area contributed by atoms with Crippen molar-refractivity contribution in [2.75, 3.05) is 6.61 Å². The highest BCUT2D eigenvalue weighted by molar-refractivity contribution is 6.55. The molecule has 2 rings (SSSR count). The molecule has 0 saturated carbocycles. The second kappa shape index (κ2) is 9.62. The van der Waals surface area contributed by atoms with Crippen LogP contribution in [0.5, 0.6) is 0 Å². The number of benzene rings is 1. The quantitative estimate of drug-likeness (QED) is 0.333. The molecule has 1 aromatic rings. The van der Waals surface area contributed by atoms with Crippen LogP contribution in [0.4, 0.5) is 13.2 Å². The molecule has 0 aromatic heterocycles. The maximum absolute atomic E-state index is 12.5. The molecule has 0 bridgehead atoms. The Morgan fingerprint density at radius 2 is 1.78 bits per heavy atom. The van der Waals surface area contributed by atoms with Gasteiger partial charge in [-0.05, 0) is 54.5 Å². The number of rotatable bonds is 6. The van der Waals surface area contributed by atoms with Gasteiger partial charge in [-0.1, -0.05) is 45.6 Å². The zero-order valence-electron chi connectivity index (χ0n) is 14.1. The van der Waals surface area contributed by atoms with Crippen LogP contribution in [0.2, 0.25) is 0 Å². The van der Waals surface area contributed by atoms with E-state index in [1.165, 1.54) is 18.2 Å². The second-order valence-corrected chi connectivity index (χ2v) is 6.42. The molecule has 0 spiro atoms. The highest BCUT2D eigenvalue weighted by atomic mass is 35.5. The van der Waals surface area contributed by atoms with E-state index in [1.54, 1.807) is 18.2 Å². The monoisotopic (exact) mass is 418 g/mol. The van der Waals surface area contributed by atoms with Crippen molar-refractivity contribution in [3.8, 4) is 0 Å². The van der Waals surface area contributed by atoms with E-state index in [9.17, 15) is 13.2 Å². The fraction of sp³-hybridized carbons (Fsp3) is 0.222. The fourth-order valence-corrected chi connectivity index (χ4v) is 2.10. The topological polar surface area (TPSA) is 43.2 Å². The molecule has 4 nitrogen and oxygen atoms in total. The van der Waals surface area contributed by atoms with Crippen LogP contribution in [0.1, 0.15) is 18.1 Å². The SMILES string of the molecule is CC1=CC(=NOCc2ccc(C(F)(F)F)cc2)C=CC1=NOCC=C(Cl)Cl. The lowest BCUT2D eigenvalue weighted by molar-refractivity contribution is -0.137. The number of oxime groups is 2. The highest BCUT2D eigenvalue weighted by Crippen LogP contribution is 2.29. The molecule has 144 valence electrons. The van der Waals surface area contributed by atoms with Crippen LogP contribution in [0.3, 0.4) is 0 Å². The van der Waals surface area contributed by atoms with Crippen molar-refractivity contribution in [3.63, 3.8) is 0 Å². The Morgan fingerprint density at radius 3 is 2.37 bits per heavy atom. The van der Waals surface area contributed by atoms with Crippen LogP contribution in [0, 0.1) is 0 Å². The van der Waals surface area contributed by atoms with E-state index in [0.717, 1.165) is 17.7 Å². The molecule has 0 amide bonds. The van der Waals surface area contributed by atoms with Crippen molar-refractivity contribution >= 4 is 34.6 Å². The first-order valence-corrected chi connectivity index (χ1v) is 8.45. The molecule has 27 heavy (non-hydrogen) atoms. The predicted molar refractivity (Wildman–Crippen MR) is 99.7 cm³/mol.